The van der Waals surface area contributed by atoms with E-state index in [9.17, 15) is 13.2 Å². The minimum absolute atomic E-state index is 0.300. The first-order valence-corrected chi connectivity index (χ1v) is 9.70. The first-order valence-electron chi connectivity index (χ1n) is 9.70. The quantitative estimate of drug-likeness (QED) is 0.250. The topological polar surface area (TPSA) is 9.23 Å². The molecular weight excluding hydrogens is 301 g/mol. The summed E-state index contributed by atoms with van der Waals surface area (Å²) in [6.07, 6.45) is 11.3. The number of halogens is 3. The molecule has 0 saturated carbocycles. The molecule has 4 heteroatoms. The average molecular weight is 338 g/mol. The third kappa shape index (κ3) is 21.8. The van der Waals surface area contributed by atoms with Gasteiger partial charge in [0.2, 0.25) is 0 Å². The first kappa shape index (κ1) is 22.8. The summed E-state index contributed by atoms with van der Waals surface area (Å²) in [4.78, 5) is 0. The predicted molar refractivity (Wildman–Crippen MR) is 91.8 cm³/mol. The first-order chi connectivity index (χ1) is 11.1. The summed E-state index contributed by atoms with van der Waals surface area (Å²) in [5, 5.41) is 0. The van der Waals surface area contributed by atoms with Crippen molar-refractivity contribution in [2.45, 2.75) is 109 Å². The van der Waals surface area contributed by atoms with Gasteiger partial charge in [0.1, 0.15) is 0 Å². The summed E-state index contributed by atoms with van der Waals surface area (Å²) in [5.74, 6) is 0. The molecule has 0 aromatic carbocycles. The average Bonchev–Trinajstić information content (AvgIpc) is 2.49. The van der Waals surface area contributed by atoms with Crippen LogP contribution in [0.25, 0.3) is 0 Å². The molecule has 0 saturated heterocycles. The van der Waals surface area contributed by atoms with Crippen LogP contribution in [0.5, 0.6) is 0 Å². The van der Waals surface area contributed by atoms with E-state index in [1.807, 2.05) is 6.92 Å². The second-order valence-corrected chi connectivity index (χ2v) is 6.51. The van der Waals surface area contributed by atoms with E-state index in [1.54, 1.807) is 0 Å². The van der Waals surface area contributed by atoms with Crippen LogP contribution >= 0.6 is 0 Å². The van der Waals surface area contributed by atoms with Crippen molar-refractivity contribution in [3.63, 3.8) is 0 Å². The molecule has 0 bridgehead atoms. The van der Waals surface area contributed by atoms with Crippen molar-refractivity contribution in [1.29, 1.82) is 0 Å². The van der Waals surface area contributed by atoms with Crippen molar-refractivity contribution >= 4 is 0 Å². The Kier molecular flexibility index (Phi) is 16.4. The fourth-order valence-corrected chi connectivity index (χ4v) is 2.80. The molecule has 0 unspecified atom stereocenters. The van der Waals surface area contributed by atoms with Gasteiger partial charge in [-0.05, 0) is 19.8 Å². The molecule has 23 heavy (non-hydrogen) atoms. The number of alkyl halides is 3. The summed E-state index contributed by atoms with van der Waals surface area (Å²) in [5.41, 5.74) is 0. The number of hydrogen-bond donors (Lipinski definition) is 0. The Balaban J connectivity index is 3.00. The van der Waals surface area contributed by atoms with E-state index < -0.39 is 12.6 Å². The molecule has 0 spiro atoms. The zero-order valence-electron chi connectivity index (χ0n) is 15.1. The highest BCUT2D eigenvalue weighted by molar-refractivity contribution is 4.53. The van der Waals surface area contributed by atoms with E-state index in [4.69, 9.17) is 4.74 Å². The Morgan fingerprint density at radius 2 is 0.913 bits per heavy atom. The van der Waals surface area contributed by atoms with Crippen LogP contribution in [0.4, 0.5) is 13.2 Å². The van der Waals surface area contributed by atoms with Gasteiger partial charge in [0.15, 0.2) is 0 Å². The van der Waals surface area contributed by atoms with Crippen LogP contribution in [0.2, 0.25) is 0 Å². The third-order valence-corrected chi connectivity index (χ3v) is 4.20. The SMILES string of the molecule is CCOCCCCCCCCCCCCCCCCC(F)(F)F. The molecule has 0 radical (unpaired) electrons. The van der Waals surface area contributed by atoms with Crippen molar-refractivity contribution in [2.75, 3.05) is 13.2 Å². The number of ether oxygens (including phenoxy) is 1. The lowest BCUT2D eigenvalue weighted by Crippen LogP contribution is -2.06. The normalized spacial score (nSPS) is 12.0. The standard InChI is InChI=1S/C19H37F3O/c1-2-23-18-16-14-12-10-8-6-4-3-5-7-9-11-13-15-17-19(20,21)22/h2-18H2,1H3. The molecule has 0 fully saturated rings. The Hall–Kier alpha value is -0.250. The molecule has 0 rings (SSSR count). The molecule has 0 aromatic rings. The van der Waals surface area contributed by atoms with E-state index >= 15 is 0 Å². The van der Waals surface area contributed by atoms with Crippen LogP contribution in [-0.4, -0.2) is 19.4 Å². The zero-order valence-corrected chi connectivity index (χ0v) is 15.1. The van der Waals surface area contributed by atoms with Gasteiger partial charge in [-0.1, -0.05) is 77.0 Å². The molecule has 0 aliphatic rings. The van der Waals surface area contributed by atoms with E-state index in [-0.39, 0.29) is 0 Å². The van der Waals surface area contributed by atoms with Crippen molar-refractivity contribution in [2.24, 2.45) is 0 Å². The molecule has 0 aliphatic heterocycles. The lowest BCUT2D eigenvalue weighted by atomic mass is 10.0. The van der Waals surface area contributed by atoms with Gasteiger partial charge in [0.25, 0.3) is 0 Å². The van der Waals surface area contributed by atoms with Gasteiger partial charge in [-0.3, -0.25) is 0 Å². The second kappa shape index (κ2) is 16.6. The summed E-state index contributed by atoms with van der Waals surface area (Å²) >= 11 is 0. The van der Waals surface area contributed by atoms with Crippen LogP contribution in [0, 0.1) is 0 Å². The fourth-order valence-electron chi connectivity index (χ4n) is 2.80. The highest BCUT2D eigenvalue weighted by Gasteiger charge is 2.25. The van der Waals surface area contributed by atoms with Crippen molar-refractivity contribution in [1.82, 2.24) is 0 Å². The lowest BCUT2D eigenvalue weighted by molar-refractivity contribution is -0.135. The highest BCUT2D eigenvalue weighted by Crippen LogP contribution is 2.23. The van der Waals surface area contributed by atoms with Crippen molar-refractivity contribution in [3.8, 4) is 0 Å². The van der Waals surface area contributed by atoms with E-state index in [2.05, 4.69) is 0 Å². The summed E-state index contributed by atoms with van der Waals surface area (Å²) in [6, 6.07) is 0. The minimum Gasteiger partial charge on any atom is -0.382 e. The van der Waals surface area contributed by atoms with Crippen molar-refractivity contribution < 1.29 is 17.9 Å². The fraction of sp³-hybridized carbons (Fsp3) is 1.00. The number of rotatable bonds is 17. The van der Waals surface area contributed by atoms with Gasteiger partial charge in [-0.15, -0.1) is 0 Å². The molecule has 0 atom stereocenters. The third-order valence-electron chi connectivity index (χ3n) is 4.20. The number of unbranched alkanes of at least 4 members (excludes halogenated alkanes) is 13. The van der Waals surface area contributed by atoms with Gasteiger partial charge in [-0.25, -0.2) is 0 Å². The maximum absolute atomic E-state index is 11.9. The minimum atomic E-state index is -3.97. The largest absolute Gasteiger partial charge is 0.389 e. The Morgan fingerprint density at radius 1 is 0.565 bits per heavy atom. The van der Waals surface area contributed by atoms with Gasteiger partial charge < -0.3 is 4.74 Å². The Bertz CT molecular complexity index is 229. The zero-order chi connectivity index (χ0) is 17.2. The Morgan fingerprint density at radius 3 is 1.26 bits per heavy atom. The summed E-state index contributed by atoms with van der Waals surface area (Å²) < 4.78 is 41.1. The Labute approximate surface area is 141 Å². The second-order valence-electron chi connectivity index (χ2n) is 6.51. The van der Waals surface area contributed by atoms with Crippen LogP contribution in [0.3, 0.4) is 0 Å². The molecule has 140 valence electrons. The van der Waals surface area contributed by atoms with Crippen LogP contribution in [0.15, 0.2) is 0 Å². The summed E-state index contributed by atoms with van der Waals surface area (Å²) in [7, 11) is 0. The number of hydrogen-bond acceptors (Lipinski definition) is 1. The highest BCUT2D eigenvalue weighted by atomic mass is 19.4. The van der Waals surface area contributed by atoms with E-state index in [1.165, 1.54) is 64.2 Å². The van der Waals surface area contributed by atoms with E-state index in [0.717, 1.165) is 32.5 Å². The van der Waals surface area contributed by atoms with Crippen LogP contribution in [-0.2, 0) is 4.74 Å². The monoisotopic (exact) mass is 338 g/mol. The maximum Gasteiger partial charge on any atom is 0.389 e. The summed E-state index contributed by atoms with van der Waals surface area (Å²) in [6.45, 7) is 3.77. The smallest absolute Gasteiger partial charge is 0.382 e. The molecule has 0 amide bonds. The molecule has 0 aromatic heterocycles. The van der Waals surface area contributed by atoms with E-state index in [0.29, 0.717) is 6.42 Å². The van der Waals surface area contributed by atoms with Crippen LogP contribution in [0.1, 0.15) is 103 Å². The van der Waals surface area contributed by atoms with Crippen LogP contribution < -0.4 is 0 Å². The van der Waals surface area contributed by atoms with Gasteiger partial charge in [-0.2, -0.15) is 13.2 Å². The van der Waals surface area contributed by atoms with Gasteiger partial charge >= 0.3 is 6.18 Å². The predicted octanol–water partition coefficient (Wildman–Crippen LogP) is 7.44. The molecular formula is C19H37F3O. The van der Waals surface area contributed by atoms with Gasteiger partial charge in [0, 0.05) is 19.6 Å². The molecule has 0 heterocycles. The maximum atomic E-state index is 11.9. The molecule has 1 nitrogen and oxygen atoms in total. The molecule has 0 N–H and O–H groups in total. The van der Waals surface area contributed by atoms with Gasteiger partial charge in [0.05, 0.1) is 0 Å². The lowest BCUT2D eigenvalue weighted by Gasteiger charge is -2.05. The molecule has 0 aliphatic carbocycles. The van der Waals surface area contributed by atoms with Crippen molar-refractivity contribution in [3.05, 3.63) is 0 Å².